The Bertz CT molecular complexity index is 1190. The van der Waals surface area contributed by atoms with Gasteiger partial charge in [0.2, 0.25) is 5.89 Å². The monoisotopic (exact) mass is 444 g/mol. The second kappa shape index (κ2) is 10.2. The smallest absolute Gasteiger partial charge is 0.251 e. The third-order valence-corrected chi connectivity index (χ3v) is 6.02. The molecule has 0 bridgehead atoms. The maximum absolute atomic E-state index is 12.5. The van der Waals surface area contributed by atoms with Crippen LogP contribution < -0.4 is 10.1 Å². The fourth-order valence-corrected chi connectivity index (χ4v) is 4.11. The van der Waals surface area contributed by atoms with Crippen molar-refractivity contribution < 1.29 is 13.9 Å². The molecule has 0 unspecified atom stereocenters. The molecule has 1 heterocycles. The number of thioether (sulfide) groups is 1. The first-order valence-electron chi connectivity index (χ1n) is 10.3. The van der Waals surface area contributed by atoms with Crippen molar-refractivity contribution >= 4 is 17.7 Å². The van der Waals surface area contributed by atoms with E-state index in [0.29, 0.717) is 18.0 Å². The zero-order valence-corrected chi connectivity index (χ0v) is 18.8. The predicted molar refractivity (Wildman–Crippen MR) is 127 cm³/mol. The molecule has 162 valence electrons. The van der Waals surface area contributed by atoms with E-state index in [-0.39, 0.29) is 5.91 Å². The Hall–Kier alpha value is -3.51. The minimum Gasteiger partial charge on any atom is -0.497 e. The lowest BCUT2D eigenvalue weighted by molar-refractivity contribution is 0.0951. The summed E-state index contributed by atoms with van der Waals surface area (Å²) in [5.74, 6) is 2.74. The molecule has 0 fully saturated rings. The fraction of sp³-hybridized carbons (Fsp3) is 0.154. The molecule has 0 saturated carbocycles. The van der Waals surface area contributed by atoms with Crippen molar-refractivity contribution in [3.63, 3.8) is 0 Å². The minimum atomic E-state index is -0.136. The van der Waals surface area contributed by atoms with Gasteiger partial charge in [0.1, 0.15) is 11.5 Å². The molecule has 0 atom stereocenters. The first kappa shape index (κ1) is 21.7. The van der Waals surface area contributed by atoms with Gasteiger partial charge < -0.3 is 14.5 Å². The van der Waals surface area contributed by atoms with Crippen LogP contribution in [0.25, 0.3) is 11.5 Å². The van der Waals surface area contributed by atoms with Crippen LogP contribution in [0.4, 0.5) is 0 Å². The number of nitrogens with one attached hydrogen (secondary N) is 1. The number of rotatable bonds is 8. The number of ether oxygens (including phenoxy) is 1. The van der Waals surface area contributed by atoms with E-state index in [0.717, 1.165) is 34.1 Å². The number of oxazole rings is 1. The van der Waals surface area contributed by atoms with E-state index in [4.69, 9.17) is 9.15 Å². The number of hydrogen-bond acceptors (Lipinski definition) is 5. The van der Waals surface area contributed by atoms with Gasteiger partial charge in [-0.1, -0.05) is 30.3 Å². The molecule has 5 nitrogen and oxygen atoms in total. The van der Waals surface area contributed by atoms with E-state index >= 15 is 0 Å². The molecule has 1 N–H and O–H groups in total. The van der Waals surface area contributed by atoms with Crippen molar-refractivity contribution in [3.05, 3.63) is 101 Å². The first-order chi connectivity index (χ1) is 15.6. The zero-order chi connectivity index (χ0) is 22.3. The summed E-state index contributed by atoms with van der Waals surface area (Å²) >= 11 is 1.73. The highest BCUT2D eigenvalue weighted by atomic mass is 32.2. The van der Waals surface area contributed by atoms with Crippen molar-refractivity contribution in [3.8, 4) is 17.2 Å². The van der Waals surface area contributed by atoms with E-state index in [9.17, 15) is 4.79 Å². The van der Waals surface area contributed by atoms with Gasteiger partial charge in [-0.3, -0.25) is 4.79 Å². The molecule has 0 radical (unpaired) electrons. The Morgan fingerprint density at radius 2 is 1.81 bits per heavy atom. The molecule has 0 spiro atoms. The van der Waals surface area contributed by atoms with Gasteiger partial charge in [0.05, 0.1) is 12.8 Å². The molecule has 4 aromatic rings. The van der Waals surface area contributed by atoms with Gasteiger partial charge in [0.25, 0.3) is 5.91 Å². The summed E-state index contributed by atoms with van der Waals surface area (Å²) in [6, 6.07) is 25.1. The van der Waals surface area contributed by atoms with Gasteiger partial charge in [-0.2, -0.15) is 0 Å². The third-order valence-electron chi connectivity index (χ3n) is 4.99. The van der Waals surface area contributed by atoms with Gasteiger partial charge in [-0.25, -0.2) is 4.98 Å². The van der Waals surface area contributed by atoms with Crippen LogP contribution in [-0.4, -0.2) is 18.0 Å². The highest BCUT2D eigenvalue weighted by Crippen LogP contribution is 2.27. The number of nitrogens with zero attached hydrogens (tertiary/aromatic N) is 1. The summed E-state index contributed by atoms with van der Waals surface area (Å²) < 4.78 is 11.1. The maximum Gasteiger partial charge on any atom is 0.251 e. The molecule has 0 aliphatic carbocycles. The molecular weight excluding hydrogens is 420 g/mol. The normalized spacial score (nSPS) is 10.7. The fourth-order valence-electron chi connectivity index (χ4n) is 3.18. The van der Waals surface area contributed by atoms with Crippen molar-refractivity contribution in [2.75, 3.05) is 7.11 Å². The van der Waals surface area contributed by atoms with Crippen LogP contribution in [0, 0.1) is 6.92 Å². The van der Waals surface area contributed by atoms with E-state index < -0.39 is 0 Å². The Kier molecular flexibility index (Phi) is 6.92. The second-order valence-electron chi connectivity index (χ2n) is 7.24. The topological polar surface area (TPSA) is 64.4 Å². The number of carbonyl (C=O) groups is 1. The number of benzene rings is 3. The van der Waals surface area contributed by atoms with Crippen LogP contribution in [0.1, 0.15) is 27.4 Å². The van der Waals surface area contributed by atoms with Crippen LogP contribution in [-0.2, 0) is 12.3 Å². The largest absolute Gasteiger partial charge is 0.497 e. The molecule has 0 saturated heterocycles. The standard InChI is InChI=1S/C26H24N2O3S/c1-18-24(17-32-23-9-4-3-5-10-23)28-26(31-18)21-13-11-20(12-14-21)25(29)27-16-19-7-6-8-22(15-19)30-2/h3-15H,16-17H2,1-2H3,(H,27,29). The van der Waals surface area contributed by atoms with E-state index in [1.165, 1.54) is 4.90 Å². The molecule has 0 aliphatic rings. The predicted octanol–water partition coefficient (Wildman–Crippen LogP) is 5.88. The molecule has 4 rings (SSSR count). The number of aromatic nitrogens is 1. The van der Waals surface area contributed by atoms with Crippen molar-refractivity contribution in [1.82, 2.24) is 10.3 Å². The quantitative estimate of drug-likeness (QED) is 0.344. The van der Waals surface area contributed by atoms with Crippen molar-refractivity contribution in [1.29, 1.82) is 0 Å². The number of carbonyl (C=O) groups excluding carboxylic acids is 1. The molecule has 3 aromatic carbocycles. The molecule has 6 heteroatoms. The molecule has 1 amide bonds. The SMILES string of the molecule is COc1cccc(CNC(=O)c2ccc(-c3nc(CSc4ccccc4)c(C)o3)cc2)c1. The van der Waals surface area contributed by atoms with E-state index in [1.54, 1.807) is 31.0 Å². The number of hydrogen-bond donors (Lipinski definition) is 1. The molecular formula is C26H24N2O3S. The summed E-state index contributed by atoms with van der Waals surface area (Å²) in [5, 5.41) is 2.93. The average molecular weight is 445 g/mol. The van der Waals surface area contributed by atoms with Gasteiger partial charge in [0.15, 0.2) is 0 Å². The van der Waals surface area contributed by atoms with Crippen LogP contribution >= 0.6 is 11.8 Å². The summed E-state index contributed by atoms with van der Waals surface area (Å²) in [6.07, 6.45) is 0. The van der Waals surface area contributed by atoms with Gasteiger partial charge in [-0.05, 0) is 61.0 Å². The summed E-state index contributed by atoms with van der Waals surface area (Å²) in [4.78, 5) is 18.4. The Morgan fingerprint density at radius 3 is 2.56 bits per heavy atom. The second-order valence-corrected chi connectivity index (χ2v) is 8.28. The highest BCUT2D eigenvalue weighted by molar-refractivity contribution is 7.98. The van der Waals surface area contributed by atoms with Crippen molar-refractivity contribution in [2.24, 2.45) is 0 Å². The Labute approximate surface area is 191 Å². The summed E-state index contributed by atoms with van der Waals surface area (Å²) in [6.45, 7) is 2.36. The highest BCUT2D eigenvalue weighted by Gasteiger charge is 2.13. The van der Waals surface area contributed by atoms with Crippen LogP contribution in [0.5, 0.6) is 5.75 Å². The molecule has 0 aliphatic heterocycles. The Morgan fingerprint density at radius 1 is 1.03 bits per heavy atom. The molecule has 1 aromatic heterocycles. The van der Waals surface area contributed by atoms with Gasteiger partial charge >= 0.3 is 0 Å². The minimum absolute atomic E-state index is 0.136. The van der Waals surface area contributed by atoms with E-state index in [1.807, 2.05) is 61.5 Å². The van der Waals surface area contributed by atoms with Gasteiger partial charge in [-0.15, -0.1) is 11.8 Å². The lowest BCUT2D eigenvalue weighted by Gasteiger charge is -2.07. The number of aryl methyl sites for hydroxylation is 1. The first-order valence-corrected chi connectivity index (χ1v) is 11.3. The Balaban J connectivity index is 1.38. The molecule has 32 heavy (non-hydrogen) atoms. The lowest BCUT2D eigenvalue weighted by atomic mass is 10.1. The zero-order valence-electron chi connectivity index (χ0n) is 18.0. The number of methoxy groups -OCH3 is 1. The van der Waals surface area contributed by atoms with Crippen molar-refractivity contribution in [2.45, 2.75) is 24.1 Å². The van der Waals surface area contributed by atoms with Crippen LogP contribution in [0.15, 0.2) is 88.2 Å². The van der Waals surface area contributed by atoms with Crippen LogP contribution in [0.2, 0.25) is 0 Å². The average Bonchev–Trinajstić information content (AvgIpc) is 3.22. The summed E-state index contributed by atoms with van der Waals surface area (Å²) in [5.41, 5.74) is 3.33. The van der Waals surface area contributed by atoms with Crippen LogP contribution in [0.3, 0.4) is 0 Å². The van der Waals surface area contributed by atoms with E-state index in [2.05, 4.69) is 22.4 Å². The number of amides is 1. The third kappa shape index (κ3) is 5.39. The lowest BCUT2D eigenvalue weighted by Crippen LogP contribution is -2.22. The van der Waals surface area contributed by atoms with Gasteiger partial charge in [0, 0.05) is 28.3 Å². The summed E-state index contributed by atoms with van der Waals surface area (Å²) in [7, 11) is 1.62. The maximum atomic E-state index is 12.5.